The van der Waals surface area contributed by atoms with E-state index >= 15 is 0 Å². The lowest BCUT2D eigenvalue weighted by Gasteiger charge is -2.49. The maximum atomic E-state index is 14.4. The number of esters is 1. The van der Waals surface area contributed by atoms with E-state index in [-0.39, 0.29) is 37.2 Å². The van der Waals surface area contributed by atoms with Crippen molar-refractivity contribution in [1.29, 1.82) is 0 Å². The largest absolute Gasteiger partial charge is 0.459 e. The third kappa shape index (κ3) is 11.3. The molecule has 16 heteroatoms. The molecular formula is C45H81N3O13. The Kier molecular flexibility index (Phi) is 18.1. The highest BCUT2D eigenvalue weighted by Crippen LogP contribution is 2.43. The maximum absolute atomic E-state index is 14.4. The molecule has 4 rings (SSSR count). The molecule has 61 heavy (non-hydrogen) atoms. The number of carbonyl (C=O) groups is 2. The number of carbonyl (C=O) groups excluding carboxylic acids is 2. The highest BCUT2D eigenvalue weighted by molar-refractivity contribution is 5.83. The van der Waals surface area contributed by atoms with Gasteiger partial charge in [0.25, 0.3) is 6.02 Å². The van der Waals surface area contributed by atoms with Gasteiger partial charge in [-0.1, -0.05) is 41.5 Å². The number of ether oxygens (including phenoxy) is 8. The fourth-order valence-corrected chi connectivity index (χ4v) is 10.1. The minimum Gasteiger partial charge on any atom is -0.459 e. The fourth-order valence-electron chi connectivity index (χ4n) is 10.1. The highest BCUT2D eigenvalue weighted by Gasteiger charge is 2.56. The van der Waals surface area contributed by atoms with Crippen molar-refractivity contribution in [3.05, 3.63) is 0 Å². The Labute approximate surface area is 365 Å². The number of rotatable bonds is 13. The van der Waals surface area contributed by atoms with Crippen LogP contribution in [0.3, 0.4) is 0 Å². The van der Waals surface area contributed by atoms with Crippen molar-refractivity contribution in [2.45, 2.75) is 199 Å². The first-order valence-electron chi connectivity index (χ1n) is 22.7. The molecule has 4 fully saturated rings. The first-order chi connectivity index (χ1) is 28.5. The average molecular weight is 872 g/mol. The molecule has 4 saturated heterocycles. The molecule has 354 valence electrons. The summed E-state index contributed by atoms with van der Waals surface area (Å²) < 4.78 is 51.7. The van der Waals surface area contributed by atoms with E-state index in [0.717, 1.165) is 26.1 Å². The van der Waals surface area contributed by atoms with Crippen molar-refractivity contribution in [1.82, 2.24) is 9.80 Å². The van der Waals surface area contributed by atoms with Gasteiger partial charge in [0.2, 0.25) is 0 Å². The van der Waals surface area contributed by atoms with Gasteiger partial charge in [-0.15, -0.1) is 0 Å². The minimum atomic E-state index is -1.97. The first-order valence-corrected chi connectivity index (χ1v) is 22.7. The van der Waals surface area contributed by atoms with E-state index in [9.17, 15) is 24.9 Å². The van der Waals surface area contributed by atoms with Gasteiger partial charge < -0.3 is 63.0 Å². The van der Waals surface area contributed by atoms with E-state index in [2.05, 4.69) is 23.6 Å². The molecule has 18 atom stereocenters. The molecule has 0 aromatic heterocycles. The average Bonchev–Trinajstić information content (AvgIpc) is 3.54. The van der Waals surface area contributed by atoms with E-state index in [1.54, 1.807) is 48.7 Å². The number of cyclic esters (lactones) is 1. The number of methoxy groups -OCH3 is 2. The van der Waals surface area contributed by atoms with Gasteiger partial charge in [-0.3, -0.25) is 9.59 Å². The molecule has 0 radical (unpaired) electrons. The van der Waals surface area contributed by atoms with Gasteiger partial charge in [-0.25, -0.2) is 4.99 Å². The van der Waals surface area contributed by atoms with E-state index in [1.807, 2.05) is 27.8 Å². The van der Waals surface area contributed by atoms with Crippen molar-refractivity contribution in [2.75, 3.05) is 47.4 Å². The molecule has 0 aromatic rings. The Morgan fingerprint density at radius 2 is 1.51 bits per heavy atom. The van der Waals surface area contributed by atoms with Crippen molar-refractivity contribution in [3.63, 3.8) is 0 Å². The van der Waals surface area contributed by atoms with Crippen molar-refractivity contribution in [2.24, 2.45) is 28.7 Å². The predicted octanol–water partition coefficient (Wildman–Crippen LogP) is 3.94. The molecule has 16 nitrogen and oxygen atoms in total. The zero-order valence-electron chi connectivity index (χ0n) is 39.8. The highest BCUT2D eigenvalue weighted by atomic mass is 16.7. The maximum Gasteiger partial charge on any atom is 0.311 e. The van der Waals surface area contributed by atoms with Crippen molar-refractivity contribution < 1.29 is 62.8 Å². The zero-order chi connectivity index (χ0) is 45.8. The molecule has 4 aliphatic rings. The SMILES string of the molecule is CC[C@H]1OC(=O)[C@H](C)[C@@H](O[C@H]2C[C@@](C)(OC)[C@@H](O)[C@H](C)O2)[C@H](C)[C@@H](O[C@@H]2O[C@H](C)C[C@H]3[C@H]2O/C(=N/CCCN(CC)CC)N3C)[C@](C)(OC)C[C@@H](C)C(=O)[C@H](C)[C@@H](O)[C@]1(C)O. The Hall–Kier alpha value is -1.99. The topological polar surface area (TPSA) is 188 Å². The summed E-state index contributed by atoms with van der Waals surface area (Å²) in [4.78, 5) is 37.9. The molecular weight excluding hydrogens is 791 g/mol. The van der Waals surface area contributed by atoms with Gasteiger partial charge in [-0.2, -0.15) is 0 Å². The predicted molar refractivity (Wildman–Crippen MR) is 229 cm³/mol. The van der Waals surface area contributed by atoms with Crippen LogP contribution in [0.25, 0.3) is 0 Å². The van der Waals surface area contributed by atoms with E-state index in [4.69, 9.17) is 42.9 Å². The Morgan fingerprint density at radius 1 is 0.869 bits per heavy atom. The number of aliphatic hydroxyl groups excluding tert-OH is 2. The van der Waals surface area contributed by atoms with E-state index in [1.165, 1.54) is 14.0 Å². The van der Waals surface area contributed by atoms with Crippen LogP contribution in [-0.4, -0.2) is 175 Å². The number of Topliss-reactive ketones (excluding diaryl/α,β-unsaturated/α-hetero) is 1. The summed E-state index contributed by atoms with van der Waals surface area (Å²) in [7, 11) is 5.05. The number of aliphatic hydroxyl groups is 3. The van der Waals surface area contributed by atoms with Crippen LogP contribution in [0.1, 0.15) is 115 Å². The normalized spacial score (nSPS) is 45.1. The van der Waals surface area contributed by atoms with Gasteiger partial charge in [0.15, 0.2) is 18.7 Å². The Bertz CT molecular complexity index is 1470. The summed E-state index contributed by atoms with van der Waals surface area (Å²) in [5.74, 6) is -4.37. The van der Waals surface area contributed by atoms with Crippen molar-refractivity contribution in [3.8, 4) is 0 Å². The van der Waals surface area contributed by atoms with E-state index < -0.39 is 102 Å². The summed E-state index contributed by atoms with van der Waals surface area (Å²) in [6, 6.07) is 0.405. The van der Waals surface area contributed by atoms with Crippen LogP contribution >= 0.6 is 0 Å². The van der Waals surface area contributed by atoms with Crippen molar-refractivity contribution >= 4 is 17.8 Å². The van der Waals surface area contributed by atoms with Crippen LogP contribution in [0.2, 0.25) is 0 Å². The Morgan fingerprint density at radius 3 is 2.10 bits per heavy atom. The lowest BCUT2D eigenvalue weighted by Crippen LogP contribution is -2.61. The second-order valence-electron chi connectivity index (χ2n) is 18.9. The number of ketones is 1. The second kappa shape index (κ2) is 21.3. The number of nitrogens with zero attached hydrogens (tertiary/aromatic N) is 3. The molecule has 4 aliphatic heterocycles. The lowest BCUT2D eigenvalue weighted by atomic mass is 9.74. The molecule has 0 bridgehead atoms. The van der Waals surface area contributed by atoms with Crippen LogP contribution in [0.5, 0.6) is 0 Å². The first kappa shape index (κ1) is 51.6. The zero-order valence-corrected chi connectivity index (χ0v) is 39.8. The van der Waals surface area contributed by atoms with Gasteiger partial charge in [0.1, 0.15) is 23.6 Å². The third-order valence-electron chi connectivity index (χ3n) is 14.4. The van der Waals surface area contributed by atoms with Crippen LogP contribution in [0, 0.1) is 23.7 Å². The Balaban J connectivity index is 1.81. The lowest BCUT2D eigenvalue weighted by molar-refractivity contribution is -0.315. The number of amidine groups is 1. The summed E-state index contributed by atoms with van der Waals surface area (Å²) in [5, 5.41) is 34.4. The number of hydrogen-bond acceptors (Lipinski definition) is 15. The molecule has 4 heterocycles. The molecule has 0 aliphatic carbocycles. The van der Waals surface area contributed by atoms with Gasteiger partial charge in [-0.05, 0) is 86.9 Å². The molecule has 0 unspecified atom stereocenters. The minimum absolute atomic E-state index is 0.115. The molecule has 3 N–H and O–H groups in total. The molecule has 0 saturated carbocycles. The number of likely N-dealkylation sites (N-methyl/N-ethyl adjacent to an activating group) is 1. The molecule has 0 amide bonds. The summed E-state index contributed by atoms with van der Waals surface area (Å²) in [6.07, 6.45) is -6.91. The van der Waals surface area contributed by atoms with Crippen LogP contribution < -0.4 is 0 Å². The second-order valence-corrected chi connectivity index (χ2v) is 18.9. The molecule has 0 spiro atoms. The van der Waals surface area contributed by atoms with Crippen LogP contribution in [0.15, 0.2) is 4.99 Å². The third-order valence-corrected chi connectivity index (χ3v) is 14.4. The fraction of sp³-hybridized carbons (Fsp3) is 0.933. The number of hydrogen-bond donors (Lipinski definition) is 3. The summed E-state index contributed by atoms with van der Waals surface area (Å²) >= 11 is 0. The summed E-state index contributed by atoms with van der Waals surface area (Å²) in [5.41, 5.74) is -4.22. The van der Waals surface area contributed by atoms with Crippen LogP contribution in [-0.2, 0) is 47.5 Å². The van der Waals surface area contributed by atoms with Gasteiger partial charge in [0.05, 0.1) is 53.7 Å². The number of aliphatic imine (C=N–C) groups is 1. The number of fused-ring (bicyclic) bond motifs is 1. The monoisotopic (exact) mass is 872 g/mol. The quantitative estimate of drug-likeness (QED) is 0.178. The smallest absolute Gasteiger partial charge is 0.311 e. The molecule has 0 aromatic carbocycles. The standard InChI is InChI=1S/C45H81N3O13/c1-16-32-45(12,53)37(50)27(6)34(49)25(4)23-44(11,55-15)39(28(7)35(29(8)40(52)58-32)59-33-24-43(10,54-14)38(51)30(9)57-33)61-41-36-31(22-26(5)56-41)47(13)42(60-36)46-20-19-21-48(17-2)18-3/h25-33,35-39,41,50-51,53H,16-24H2,1-15H3/b46-42+/t25-,26-,27+,28+,29-,30+,31+,32-,33+,35+,36-,37-,38+,39-,41+,43-,44-,45-/m1/s1. The summed E-state index contributed by atoms with van der Waals surface area (Å²) in [6.45, 7) is 25.2. The van der Waals surface area contributed by atoms with Gasteiger partial charge >= 0.3 is 5.97 Å². The van der Waals surface area contributed by atoms with Gasteiger partial charge in [0, 0.05) is 52.0 Å². The van der Waals surface area contributed by atoms with Crippen LogP contribution in [0.4, 0.5) is 0 Å². The van der Waals surface area contributed by atoms with E-state index in [0.29, 0.717) is 19.0 Å².